The van der Waals surface area contributed by atoms with E-state index in [9.17, 15) is 9.59 Å². The molecule has 7 heteroatoms. The lowest BCUT2D eigenvalue weighted by Gasteiger charge is -2.26. The van der Waals surface area contributed by atoms with Crippen LogP contribution in [0, 0.1) is 0 Å². The summed E-state index contributed by atoms with van der Waals surface area (Å²) in [6.45, 7) is 5.15. The zero-order chi connectivity index (χ0) is 16.8. The molecule has 1 aromatic carbocycles. The second-order valence-electron chi connectivity index (χ2n) is 6.05. The van der Waals surface area contributed by atoms with E-state index in [1.807, 2.05) is 12.1 Å². The highest BCUT2D eigenvalue weighted by Crippen LogP contribution is 2.14. The molecule has 2 fully saturated rings. The van der Waals surface area contributed by atoms with Crippen LogP contribution in [-0.2, 0) is 27.4 Å². The Morgan fingerprint density at radius 2 is 1.88 bits per heavy atom. The van der Waals surface area contributed by atoms with Gasteiger partial charge in [0.1, 0.15) is 6.54 Å². The number of rotatable bonds is 6. The lowest BCUT2D eigenvalue weighted by atomic mass is 10.1. The molecular weight excluding hydrogens is 326 g/mol. The highest BCUT2D eigenvalue weighted by atomic mass is 32.2. The van der Waals surface area contributed by atoms with E-state index in [2.05, 4.69) is 22.3 Å². The molecule has 130 valence electrons. The van der Waals surface area contributed by atoms with E-state index in [4.69, 9.17) is 4.74 Å². The van der Waals surface area contributed by atoms with Gasteiger partial charge in [-0.3, -0.25) is 14.5 Å². The average molecular weight is 349 g/mol. The number of ether oxygens (including phenoxy) is 1. The Labute approximate surface area is 146 Å². The fourth-order valence-electron chi connectivity index (χ4n) is 2.75. The fourth-order valence-corrected chi connectivity index (χ4v) is 3.65. The summed E-state index contributed by atoms with van der Waals surface area (Å²) in [5.74, 6) is 1.03. The van der Waals surface area contributed by atoms with Crippen LogP contribution in [0.15, 0.2) is 24.3 Å². The third kappa shape index (κ3) is 4.96. The van der Waals surface area contributed by atoms with Crippen molar-refractivity contribution in [3.05, 3.63) is 35.4 Å². The average Bonchev–Trinajstić information content (AvgIpc) is 3.00. The normalized spacial score (nSPS) is 18.8. The predicted octanol–water partition coefficient (Wildman–Crippen LogP) is 0.668. The minimum absolute atomic E-state index is 0.0441. The number of nitrogens with one attached hydrogen (secondary N) is 1. The number of nitrogens with zero attached hydrogens (tertiary/aromatic N) is 2. The van der Waals surface area contributed by atoms with Gasteiger partial charge in [-0.25, -0.2) is 0 Å². The van der Waals surface area contributed by atoms with E-state index in [1.165, 1.54) is 5.56 Å². The van der Waals surface area contributed by atoms with Crippen LogP contribution >= 0.6 is 11.8 Å². The van der Waals surface area contributed by atoms with Gasteiger partial charge >= 0.3 is 0 Å². The Hall–Kier alpha value is -1.57. The molecule has 24 heavy (non-hydrogen) atoms. The van der Waals surface area contributed by atoms with Gasteiger partial charge in [0.15, 0.2) is 0 Å². The van der Waals surface area contributed by atoms with Crippen molar-refractivity contribution in [2.75, 3.05) is 44.5 Å². The van der Waals surface area contributed by atoms with E-state index in [0.29, 0.717) is 18.2 Å². The fraction of sp³-hybridized carbons (Fsp3) is 0.529. The SMILES string of the molecule is O=C(CN1CSCC1=O)NCc1ccc(CN2CCOCC2)cc1. The summed E-state index contributed by atoms with van der Waals surface area (Å²) in [6, 6.07) is 8.31. The number of carbonyl (C=O) groups excluding carboxylic acids is 2. The van der Waals surface area contributed by atoms with Crippen LogP contribution in [-0.4, -0.2) is 66.1 Å². The zero-order valence-corrected chi connectivity index (χ0v) is 14.5. The Morgan fingerprint density at radius 3 is 2.54 bits per heavy atom. The van der Waals surface area contributed by atoms with Crippen LogP contribution in [0.3, 0.4) is 0 Å². The molecule has 0 aromatic heterocycles. The molecule has 2 aliphatic heterocycles. The van der Waals surface area contributed by atoms with E-state index in [0.717, 1.165) is 38.4 Å². The second-order valence-corrected chi connectivity index (χ2v) is 7.01. The molecule has 0 radical (unpaired) electrons. The molecule has 0 unspecified atom stereocenters. The first-order valence-corrected chi connectivity index (χ1v) is 9.36. The van der Waals surface area contributed by atoms with Crippen molar-refractivity contribution in [1.29, 1.82) is 0 Å². The van der Waals surface area contributed by atoms with Gasteiger partial charge < -0.3 is 15.0 Å². The van der Waals surface area contributed by atoms with Crippen molar-refractivity contribution in [2.45, 2.75) is 13.1 Å². The highest BCUT2D eigenvalue weighted by Gasteiger charge is 2.22. The summed E-state index contributed by atoms with van der Waals surface area (Å²) < 4.78 is 5.36. The summed E-state index contributed by atoms with van der Waals surface area (Å²) >= 11 is 1.55. The number of hydrogen-bond donors (Lipinski definition) is 1. The molecule has 0 saturated carbocycles. The maximum Gasteiger partial charge on any atom is 0.239 e. The smallest absolute Gasteiger partial charge is 0.239 e. The van der Waals surface area contributed by atoms with Gasteiger partial charge in [-0.2, -0.15) is 0 Å². The zero-order valence-electron chi connectivity index (χ0n) is 13.7. The first-order chi connectivity index (χ1) is 11.7. The molecule has 1 aromatic rings. The number of carbonyl (C=O) groups is 2. The summed E-state index contributed by atoms with van der Waals surface area (Å²) in [4.78, 5) is 27.4. The van der Waals surface area contributed by atoms with Gasteiger partial charge in [-0.15, -0.1) is 11.8 Å². The first-order valence-electron chi connectivity index (χ1n) is 8.21. The first kappa shape index (κ1) is 17.3. The largest absolute Gasteiger partial charge is 0.379 e. The molecule has 1 N–H and O–H groups in total. The van der Waals surface area contributed by atoms with Gasteiger partial charge in [0.2, 0.25) is 11.8 Å². The van der Waals surface area contributed by atoms with Crippen LogP contribution < -0.4 is 5.32 Å². The minimum atomic E-state index is -0.108. The van der Waals surface area contributed by atoms with Crippen LogP contribution in [0.1, 0.15) is 11.1 Å². The molecule has 6 nitrogen and oxygen atoms in total. The van der Waals surface area contributed by atoms with Crippen molar-refractivity contribution < 1.29 is 14.3 Å². The number of thioether (sulfide) groups is 1. The Balaban J connectivity index is 1.42. The Kier molecular flexibility index (Phi) is 6.12. The van der Waals surface area contributed by atoms with Crippen LogP contribution in [0.2, 0.25) is 0 Å². The third-order valence-corrected chi connectivity index (χ3v) is 5.13. The lowest BCUT2D eigenvalue weighted by molar-refractivity contribution is -0.132. The summed E-state index contributed by atoms with van der Waals surface area (Å²) in [6.07, 6.45) is 0. The van der Waals surface area contributed by atoms with Crippen molar-refractivity contribution >= 4 is 23.6 Å². The Bertz CT molecular complexity index is 573. The van der Waals surface area contributed by atoms with Gasteiger partial charge in [0.05, 0.1) is 24.8 Å². The molecule has 3 rings (SSSR count). The molecule has 0 spiro atoms. The predicted molar refractivity (Wildman–Crippen MR) is 93.4 cm³/mol. The van der Waals surface area contributed by atoms with Crippen molar-refractivity contribution in [3.8, 4) is 0 Å². The van der Waals surface area contributed by atoms with Gasteiger partial charge in [-0.1, -0.05) is 24.3 Å². The highest BCUT2D eigenvalue weighted by molar-refractivity contribution is 8.00. The number of benzene rings is 1. The maximum absolute atomic E-state index is 11.9. The lowest BCUT2D eigenvalue weighted by Crippen LogP contribution is -2.37. The van der Waals surface area contributed by atoms with Crippen LogP contribution in [0.4, 0.5) is 0 Å². The third-order valence-electron chi connectivity index (χ3n) is 4.18. The number of amides is 2. The molecule has 2 aliphatic rings. The van der Waals surface area contributed by atoms with Crippen molar-refractivity contribution in [3.63, 3.8) is 0 Å². The van der Waals surface area contributed by atoms with Gasteiger partial charge in [0.25, 0.3) is 0 Å². The quantitative estimate of drug-likeness (QED) is 0.818. The Morgan fingerprint density at radius 1 is 1.17 bits per heavy atom. The van der Waals surface area contributed by atoms with Crippen molar-refractivity contribution in [2.24, 2.45) is 0 Å². The summed E-state index contributed by atoms with van der Waals surface area (Å²) in [7, 11) is 0. The van der Waals surface area contributed by atoms with Crippen LogP contribution in [0.25, 0.3) is 0 Å². The summed E-state index contributed by atoms with van der Waals surface area (Å²) in [5, 5.41) is 2.88. The molecule has 0 aliphatic carbocycles. The molecular formula is C17H23N3O3S. The standard InChI is InChI=1S/C17H23N3O3S/c21-16(11-20-13-24-12-17(20)22)18-9-14-1-3-15(4-2-14)10-19-5-7-23-8-6-19/h1-4H,5-13H2,(H,18,21). The van der Waals surface area contributed by atoms with E-state index in [1.54, 1.807) is 16.7 Å². The van der Waals surface area contributed by atoms with E-state index >= 15 is 0 Å². The number of morpholine rings is 1. The maximum atomic E-state index is 11.9. The molecule has 2 saturated heterocycles. The molecule has 2 heterocycles. The molecule has 0 atom stereocenters. The van der Waals surface area contributed by atoms with Crippen LogP contribution in [0.5, 0.6) is 0 Å². The topological polar surface area (TPSA) is 61.9 Å². The summed E-state index contributed by atoms with van der Waals surface area (Å²) in [5.41, 5.74) is 2.34. The minimum Gasteiger partial charge on any atom is -0.379 e. The second kappa shape index (κ2) is 8.50. The van der Waals surface area contributed by atoms with Crippen molar-refractivity contribution in [1.82, 2.24) is 15.1 Å². The monoisotopic (exact) mass is 349 g/mol. The van der Waals surface area contributed by atoms with Gasteiger partial charge in [0, 0.05) is 26.2 Å². The van der Waals surface area contributed by atoms with E-state index in [-0.39, 0.29) is 18.4 Å². The number of hydrogen-bond acceptors (Lipinski definition) is 5. The van der Waals surface area contributed by atoms with E-state index < -0.39 is 0 Å². The molecule has 0 bridgehead atoms. The molecule has 2 amide bonds. The van der Waals surface area contributed by atoms with Gasteiger partial charge in [-0.05, 0) is 11.1 Å².